The zero-order valence-corrected chi connectivity index (χ0v) is 20.9. The Balaban J connectivity index is 1.63. The van der Waals surface area contributed by atoms with Gasteiger partial charge in [-0.05, 0) is 53.8 Å². The van der Waals surface area contributed by atoms with Crippen LogP contribution in [0.2, 0.25) is 0 Å². The summed E-state index contributed by atoms with van der Waals surface area (Å²) in [6.07, 6.45) is 0.0273. The Morgan fingerprint density at radius 2 is 1.84 bits per heavy atom. The number of benzene rings is 3. The first-order valence-electron chi connectivity index (χ1n) is 11.8. The number of fused-ring (bicyclic) bond motifs is 1. The van der Waals surface area contributed by atoms with Gasteiger partial charge in [-0.3, -0.25) is 10.2 Å². The van der Waals surface area contributed by atoms with E-state index < -0.39 is 34.1 Å². The van der Waals surface area contributed by atoms with E-state index in [1.165, 1.54) is 11.0 Å². The smallest absolute Gasteiger partial charge is 0.404 e. The first-order chi connectivity index (χ1) is 17.6. The molecule has 0 aromatic heterocycles. The van der Waals surface area contributed by atoms with E-state index >= 15 is 0 Å². The molecule has 0 spiro atoms. The Morgan fingerprint density at radius 1 is 1.08 bits per heavy atom. The maximum atomic E-state index is 13.6. The van der Waals surface area contributed by atoms with Crippen LogP contribution >= 0.6 is 0 Å². The van der Waals surface area contributed by atoms with Crippen molar-refractivity contribution in [3.8, 4) is 0 Å². The van der Waals surface area contributed by atoms with Crippen molar-refractivity contribution in [3.63, 3.8) is 0 Å². The Morgan fingerprint density at radius 3 is 2.57 bits per heavy atom. The van der Waals surface area contributed by atoms with Crippen molar-refractivity contribution in [2.45, 2.75) is 36.2 Å². The fraction of sp³-hybridized carbons (Fsp3) is 0.269. The molecule has 194 valence electrons. The summed E-state index contributed by atoms with van der Waals surface area (Å²) in [5.41, 5.74) is 6.70. The molecule has 10 nitrogen and oxygen atoms in total. The average molecular weight is 524 g/mol. The summed E-state index contributed by atoms with van der Waals surface area (Å²) >= 11 is 0. The molecule has 3 aromatic carbocycles. The zero-order valence-electron chi connectivity index (χ0n) is 20.1. The van der Waals surface area contributed by atoms with Gasteiger partial charge in [0.05, 0.1) is 4.90 Å². The summed E-state index contributed by atoms with van der Waals surface area (Å²) in [6.45, 7) is 0.533. The molecule has 1 aliphatic heterocycles. The van der Waals surface area contributed by atoms with Crippen molar-refractivity contribution in [2.75, 3.05) is 13.1 Å². The number of likely N-dealkylation sites (tertiary alicyclic amines) is 1. The lowest BCUT2D eigenvalue weighted by molar-refractivity contribution is -0.134. The van der Waals surface area contributed by atoms with E-state index in [1.54, 1.807) is 36.4 Å². The normalized spacial score (nSPS) is 16.8. The summed E-state index contributed by atoms with van der Waals surface area (Å²) < 4.78 is 29.4. The third kappa shape index (κ3) is 6.43. The molecule has 3 aromatic rings. The van der Waals surface area contributed by atoms with Crippen LogP contribution in [0, 0.1) is 5.41 Å². The van der Waals surface area contributed by atoms with Crippen LogP contribution in [-0.4, -0.2) is 61.4 Å². The third-order valence-corrected chi connectivity index (χ3v) is 7.83. The number of carbonyl (C=O) groups is 2. The predicted molar refractivity (Wildman–Crippen MR) is 140 cm³/mol. The van der Waals surface area contributed by atoms with Gasteiger partial charge in [0.15, 0.2) is 0 Å². The van der Waals surface area contributed by atoms with E-state index in [9.17, 15) is 18.0 Å². The lowest BCUT2D eigenvalue weighted by Gasteiger charge is -2.35. The molecule has 0 radical (unpaired) electrons. The number of hydrogen-bond acceptors (Lipinski definition) is 5. The third-order valence-electron chi connectivity index (χ3n) is 6.37. The standard InChI is InChI=1S/C26H29N5O5S/c27-24(28)20-8-3-5-17(13-20)14-23(25(32)31-12-4-9-21(16-31)29-26(33)34)30-37(35,36)22-11-10-18-6-1-2-7-19(18)15-22/h1-3,5-8,10-11,13,15,21,23,29-30H,4,9,12,14,16H2,(H3,27,28)(H,33,34)/t21-,23?/m1/s1. The van der Waals surface area contributed by atoms with Gasteiger partial charge in [0.2, 0.25) is 15.9 Å². The van der Waals surface area contributed by atoms with Gasteiger partial charge in [-0.25, -0.2) is 13.2 Å². The monoisotopic (exact) mass is 523 g/mol. The molecular weight excluding hydrogens is 494 g/mol. The SMILES string of the molecule is N=C(N)c1cccc(CC(NS(=O)(=O)c2ccc3ccccc3c2)C(=O)N2CCC[C@@H](NC(=O)O)C2)c1. The summed E-state index contributed by atoms with van der Waals surface area (Å²) in [4.78, 5) is 26.3. The molecule has 1 heterocycles. The molecule has 2 amide bonds. The summed E-state index contributed by atoms with van der Waals surface area (Å²) in [6, 6.07) is 17.3. The number of amides is 2. The van der Waals surface area contributed by atoms with Gasteiger partial charge in [0.1, 0.15) is 11.9 Å². The van der Waals surface area contributed by atoms with Crippen LogP contribution in [0.3, 0.4) is 0 Å². The number of rotatable bonds is 8. The van der Waals surface area contributed by atoms with Crippen LogP contribution in [-0.2, 0) is 21.2 Å². The first kappa shape index (κ1) is 26.1. The van der Waals surface area contributed by atoms with Crippen LogP contribution in [0.15, 0.2) is 71.6 Å². The molecule has 1 aliphatic rings. The molecule has 4 rings (SSSR count). The number of sulfonamides is 1. The van der Waals surface area contributed by atoms with Gasteiger partial charge >= 0.3 is 6.09 Å². The zero-order chi connectivity index (χ0) is 26.6. The molecule has 11 heteroatoms. The van der Waals surface area contributed by atoms with E-state index in [4.69, 9.17) is 16.2 Å². The van der Waals surface area contributed by atoms with E-state index in [1.807, 2.05) is 24.3 Å². The van der Waals surface area contributed by atoms with Gasteiger partial charge in [-0.15, -0.1) is 0 Å². The second kappa shape index (κ2) is 11.0. The van der Waals surface area contributed by atoms with Crippen LogP contribution in [0.5, 0.6) is 0 Å². The Kier molecular flexibility index (Phi) is 7.74. The molecule has 1 unspecified atom stereocenters. The highest BCUT2D eigenvalue weighted by Gasteiger charge is 2.33. The second-order valence-corrected chi connectivity index (χ2v) is 10.8. The number of amidine groups is 1. The average Bonchev–Trinajstić information content (AvgIpc) is 2.87. The number of hydrogen-bond donors (Lipinski definition) is 5. The van der Waals surface area contributed by atoms with Crippen molar-refractivity contribution in [3.05, 3.63) is 77.9 Å². The summed E-state index contributed by atoms with van der Waals surface area (Å²) in [5, 5.41) is 20.8. The highest BCUT2D eigenvalue weighted by molar-refractivity contribution is 7.89. The number of nitrogens with one attached hydrogen (secondary N) is 3. The topological polar surface area (TPSA) is 166 Å². The van der Waals surface area contributed by atoms with Gasteiger partial charge in [-0.1, -0.05) is 48.5 Å². The molecule has 6 N–H and O–H groups in total. The number of nitrogen functional groups attached to an aromatic ring is 1. The highest BCUT2D eigenvalue weighted by atomic mass is 32.2. The molecule has 0 aliphatic carbocycles. The minimum absolute atomic E-state index is 0.0281. The lowest BCUT2D eigenvalue weighted by Crippen LogP contribution is -2.55. The van der Waals surface area contributed by atoms with Gasteiger partial charge < -0.3 is 21.1 Å². The molecule has 1 saturated heterocycles. The Labute approximate surface area is 215 Å². The quantitative estimate of drug-likeness (QED) is 0.224. The largest absolute Gasteiger partial charge is 0.465 e. The van der Waals surface area contributed by atoms with Crippen LogP contribution in [0.1, 0.15) is 24.0 Å². The highest BCUT2D eigenvalue weighted by Crippen LogP contribution is 2.21. The fourth-order valence-corrected chi connectivity index (χ4v) is 5.79. The number of carbonyl (C=O) groups excluding carboxylic acids is 1. The molecule has 37 heavy (non-hydrogen) atoms. The molecule has 1 fully saturated rings. The number of nitrogens with zero attached hydrogens (tertiary/aromatic N) is 1. The molecule has 2 atom stereocenters. The minimum atomic E-state index is -4.09. The van der Waals surface area contributed by atoms with E-state index in [-0.39, 0.29) is 23.7 Å². The van der Waals surface area contributed by atoms with Gasteiger partial charge in [0.25, 0.3) is 0 Å². The molecule has 0 bridgehead atoms. The Hall–Kier alpha value is -3.96. The summed E-state index contributed by atoms with van der Waals surface area (Å²) in [5.74, 6) is -0.588. The maximum Gasteiger partial charge on any atom is 0.404 e. The lowest BCUT2D eigenvalue weighted by atomic mass is 10.0. The number of carboxylic acid groups (broad SMARTS) is 1. The van der Waals surface area contributed by atoms with Crippen LogP contribution < -0.4 is 15.8 Å². The van der Waals surface area contributed by atoms with Crippen molar-refractivity contribution in [1.82, 2.24) is 14.9 Å². The summed E-state index contributed by atoms with van der Waals surface area (Å²) in [7, 11) is -4.09. The molecule has 0 saturated carbocycles. The maximum absolute atomic E-state index is 13.6. The van der Waals surface area contributed by atoms with E-state index in [2.05, 4.69) is 10.0 Å². The van der Waals surface area contributed by atoms with Crippen LogP contribution in [0.25, 0.3) is 10.8 Å². The fourth-order valence-electron chi connectivity index (χ4n) is 4.56. The Bertz CT molecular complexity index is 1440. The van der Waals surface area contributed by atoms with Crippen molar-refractivity contribution >= 4 is 38.6 Å². The number of nitrogens with two attached hydrogens (primary N) is 1. The first-order valence-corrected chi connectivity index (χ1v) is 13.3. The van der Waals surface area contributed by atoms with Crippen LogP contribution in [0.4, 0.5) is 4.79 Å². The second-order valence-electron chi connectivity index (χ2n) is 9.07. The van der Waals surface area contributed by atoms with E-state index in [0.717, 1.165) is 10.8 Å². The predicted octanol–water partition coefficient (Wildman–Crippen LogP) is 2.27. The van der Waals surface area contributed by atoms with E-state index in [0.29, 0.717) is 30.5 Å². The van der Waals surface area contributed by atoms with Gasteiger partial charge in [-0.2, -0.15) is 4.72 Å². The number of piperidine rings is 1. The molecular formula is C26H29N5O5S. The van der Waals surface area contributed by atoms with Crippen molar-refractivity contribution in [1.29, 1.82) is 5.41 Å². The van der Waals surface area contributed by atoms with Crippen molar-refractivity contribution < 1.29 is 23.1 Å². The van der Waals surface area contributed by atoms with Crippen molar-refractivity contribution in [2.24, 2.45) is 5.73 Å². The minimum Gasteiger partial charge on any atom is -0.465 e. The van der Waals surface area contributed by atoms with Gasteiger partial charge in [0, 0.05) is 24.7 Å².